The van der Waals surface area contributed by atoms with Crippen molar-refractivity contribution in [2.45, 2.75) is 84.0 Å². The Morgan fingerprint density at radius 1 is 0.684 bits per heavy atom. The van der Waals surface area contributed by atoms with Crippen LogP contribution in [0, 0.1) is 35.0 Å². The lowest BCUT2D eigenvalue weighted by atomic mass is 9.43. The molecular formula is C19H32. The highest BCUT2D eigenvalue weighted by atomic mass is 14.6. The van der Waals surface area contributed by atoms with Gasteiger partial charge in [-0.15, -0.1) is 0 Å². The van der Waals surface area contributed by atoms with Crippen LogP contribution in [-0.4, -0.2) is 0 Å². The van der Waals surface area contributed by atoms with Gasteiger partial charge in [0, 0.05) is 0 Å². The van der Waals surface area contributed by atoms with E-state index < -0.39 is 0 Å². The van der Waals surface area contributed by atoms with Gasteiger partial charge in [0.1, 0.15) is 0 Å². The molecule has 0 saturated heterocycles. The molecule has 4 saturated carbocycles. The number of fused-ring (bicyclic) bond motifs is 2. The Labute approximate surface area is 119 Å². The fourth-order valence-corrected chi connectivity index (χ4v) is 7.01. The van der Waals surface area contributed by atoms with Crippen molar-refractivity contribution < 1.29 is 0 Å². The Bertz CT molecular complexity index is 327. The molecule has 0 aliphatic heterocycles. The first-order valence-electron chi connectivity index (χ1n) is 9.31. The van der Waals surface area contributed by atoms with E-state index in [1.54, 1.807) is 64.2 Å². The van der Waals surface area contributed by atoms with Gasteiger partial charge in [0.05, 0.1) is 0 Å². The van der Waals surface area contributed by atoms with Gasteiger partial charge in [0.25, 0.3) is 0 Å². The Morgan fingerprint density at radius 3 is 2.21 bits per heavy atom. The van der Waals surface area contributed by atoms with Crippen molar-refractivity contribution in [2.75, 3.05) is 0 Å². The first kappa shape index (κ1) is 12.7. The third kappa shape index (κ3) is 1.84. The third-order valence-electron chi connectivity index (χ3n) is 7.96. The normalized spacial score (nSPS) is 48.8. The lowest BCUT2D eigenvalue weighted by Crippen LogP contribution is -2.53. The Hall–Kier alpha value is 0. The summed E-state index contributed by atoms with van der Waals surface area (Å²) in [4.78, 5) is 0. The fourth-order valence-electron chi connectivity index (χ4n) is 7.01. The molecule has 4 rings (SSSR count). The zero-order valence-electron chi connectivity index (χ0n) is 12.9. The standard InChI is InChI=1S/C19H32/c1-14-6-4-8-16(14)18-11-10-15-7-2-3-9-17(15)19(18)12-5-13-19/h14-18H,2-13H2,1H3. The average Bonchev–Trinajstić information content (AvgIpc) is 2.81. The molecule has 5 atom stereocenters. The van der Waals surface area contributed by atoms with Gasteiger partial charge in [-0.1, -0.05) is 45.4 Å². The average molecular weight is 260 g/mol. The van der Waals surface area contributed by atoms with Crippen LogP contribution in [0.3, 0.4) is 0 Å². The van der Waals surface area contributed by atoms with Crippen molar-refractivity contribution in [1.29, 1.82) is 0 Å². The van der Waals surface area contributed by atoms with Crippen LogP contribution in [0.5, 0.6) is 0 Å². The molecular weight excluding hydrogens is 228 g/mol. The smallest absolute Gasteiger partial charge is 0.0235 e. The molecule has 5 unspecified atom stereocenters. The maximum Gasteiger partial charge on any atom is -0.0235 e. The SMILES string of the molecule is CC1CCCC1C1CCC2CCCCC2C12CCC2. The summed E-state index contributed by atoms with van der Waals surface area (Å²) in [7, 11) is 0. The maximum atomic E-state index is 2.57. The molecule has 4 fully saturated rings. The maximum absolute atomic E-state index is 2.57. The second-order valence-corrected chi connectivity index (χ2v) is 8.49. The van der Waals surface area contributed by atoms with Crippen molar-refractivity contribution in [2.24, 2.45) is 35.0 Å². The molecule has 0 amide bonds. The minimum Gasteiger partial charge on any atom is -0.0622 e. The van der Waals surface area contributed by atoms with E-state index in [1.807, 2.05) is 0 Å². The number of hydrogen-bond acceptors (Lipinski definition) is 0. The summed E-state index contributed by atoms with van der Waals surface area (Å²) < 4.78 is 0. The van der Waals surface area contributed by atoms with Crippen LogP contribution in [0.2, 0.25) is 0 Å². The van der Waals surface area contributed by atoms with Crippen LogP contribution in [0.1, 0.15) is 84.0 Å². The Kier molecular flexibility index (Phi) is 3.20. The first-order chi connectivity index (χ1) is 9.31. The van der Waals surface area contributed by atoms with Crippen molar-refractivity contribution in [3.05, 3.63) is 0 Å². The van der Waals surface area contributed by atoms with E-state index in [1.165, 1.54) is 12.8 Å². The quantitative estimate of drug-likeness (QED) is 0.558. The van der Waals surface area contributed by atoms with Crippen molar-refractivity contribution in [1.82, 2.24) is 0 Å². The largest absolute Gasteiger partial charge is 0.0622 e. The van der Waals surface area contributed by atoms with E-state index in [-0.39, 0.29) is 0 Å². The summed E-state index contributed by atoms with van der Waals surface area (Å²) in [6.07, 6.45) is 18.9. The molecule has 0 radical (unpaired) electrons. The Morgan fingerprint density at radius 2 is 1.53 bits per heavy atom. The van der Waals surface area contributed by atoms with E-state index in [0.29, 0.717) is 0 Å². The topological polar surface area (TPSA) is 0 Å². The van der Waals surface area contributed by atoms with Gasteiger partial charge >= 0.3 is 0 Å². The van der Waals surface area contributed by atoms with Gasteiger partial charge in [0.15, 0.2) is 0 Å². The lowest BCUT2D eigenvalue weighted by Gasteiger charge is -2.62. The molecule has 4 aliphatic carbocycles. The molecule has 0 aromatic rings. The summed E-state index contributed by atoms with van der Waals surface area (Å²) in [5, 5.41) is 0. The van der Waals surface area contributed by atoms with Crippen molar-refractivity contribution in [3.8, 4) is 0 Å². The molecule has 108 valence electrons. The van der Waals surface area contributed by atoms with Gasteiger partial charge in [-0.2, -0.15) is 0 Å². The molecule has 0 heteroatoms. The fraction of sp³-hybridized carbons (Fsp3) is 1.00. The van der Waals surface area contributed by atoms with E-state index in [0.717, 1.165) is 35.0 Å². The zero-order valence-corrected chi connectivity index (χ0v) is 12.9. The second kappa shape index (κ2) is 4.78. The van der Waals surface area contributed by atoms with Gasteiger partial charge in [-0.25, -0.2) is 0 Å². The summed E-state index contributed by atoms with van der Waals surface area (Å²) in [6, 6.07) is 0. The molecule has 0 aromatic heterocycles. The molecule has 1 spiro atoms. The predicted molar refractivity (Wildman–Crippen MR) is 81.0 cm³/mol. The molecule has 0 aromatic carbocycles. The van der Waals surface area contributed by atoms with Crippen LogP contribution in [0.15, 0.2) is 0 Å². The molecule has 0 N–H and O–H groups in total. The third-order valence-corrected chi connectivity index (χ3v) is 7.96. The van der Waals surface area contributed by atoms with E-state index in [9.17, 15) is 0 Å². The van der Waals surface area contributed by atoms with Gasteiger partial charge in [-0.05, 0) is 73.5 Å². The molecule has 0 bridgehead atoms. The first-order valence-corrected chi connectivity index (χ1v) is 9.31. The minimum absolute atomic E-state index is 0.854. The van der Waals surface area contributed by atoms with E-state index >= 15 is 0 Å². The highest BCUT2D eigenvalue weighted by Crippen LogP contribution is 2.66. The zero-order chi connectivity index (χ0) is 12.9. The number of rotatable bonds is 1. The Balaban J connectivity index is 1.60. The highest BCUT2D eigenvalue weighted by Gasteiger charge is 2.56. The van der Waals surface area contributed by atoms with Crippen LogP contribution in [0.4, 0.5) is 0 Å². The number of hydrogen-bond donors (Lipinski definition) is 0. The summed E-state index contributed by atoms with van der Waals surface area (Å²) in [5.41, 5.74) is 0.854. The molecule has 0 heterocycles. The monoisotopic (exact) mass is 260 g/mol. The van der Waals surface area contributed by atoms with Gasteiger partial charge < -0.3 is 0 Å². The summed E-state index contributed by atoms with van der Waals surface area (Å²) >= 11 is 0. The van der Waals surface area contributed by atoms with E-state index in [2.05, 4.69) is 6.92 Å². The predicted octanol–water partition coefficient (Wildman–Crippen LogP) is 5.81. The molecule has 19 heavy (non-hydrogen) atoms. The van der Waals surface area contributed by atoms with E-state index in [4.69, 9.17) is 0 Å². The van der Waals surface area contributed by atoms with Crippen LogP contribution in [-0.2, 0) is 0 Å². The lowest BCUT2D eigenvalue weighted by molar-refractivity contribution is -0.121. The second-order valence-electron chi connectivity index (χ2n) is 8.49. The van der Waals surface area contributed by atoms with Crippen molar-refractivity contribution >= 4 is 0 Å². The minimum atomic E-state index is 0.854. The molecule has 4 aliphatic rings. The van der Waals surface area contributed by atoms with Crippen molar-refractivity contribution in [3.63, 3.8) is 0 Å². The summed E-state index contributed by atoms with van der Waals surface area (Å²) in [6.45, 7) is 2.57. The van der Waals surface area contributed by atoms with Gasteiger partial charge in [-0.3, -0.25) is 0 Å². The van der Waals surface area contributed by atoms with Crippen LogP contribution < -0.4 is 0 Å². The summed E-state index contributed by atoms with van der Waals surface area (Å²) in [5.74, 6) is 5.59. The molecule has 0 nitrogen and oxygen atoms in total. The van der Waals surface area contributed by atoms with Crippen LogP contribution >= 0.6 is 0 Å². The highest BCUT2D eigenvalue weighted by molar-refractivity contribution is 5.06. The van der Waals surface area contributed by atoms with Crippen LogP contribution in [0.25, 0.3) is 0 Å². The van der Waals surface area contributed by atoms with Gasteiger partial charge in [0.2, 0.25) is 0 Å².